The van der Waals surface area contributed by atoms with Gasteiger partial charge in [-0.1, -0.05) is 0 Å². The first-order chi connectivity index (χ1) is 10.1. The number of amides is 1. The highest BCUT2D eigenvalue weighted by Gasteiger charge is 2.21. The van der Waals surface area contributed by atoms with Crippen molar-refractivity contribution in [3.8, 4) is 5.75 Å². The summed E-state index contributed by atoms with van der Waals surface area (Å²) in [7, 11) is 1.89. The third-order valence-electron chi connectivity index (χ3n) is 3.40. The van der Waals surface area contributed by atoms with E-state index in [1.165, 1.54) is 12.1 Å². The van der Waals surface area contributed by atoms with Crippen LogP contribution in [0.3, 0.4) is 0 Å². The van der Waals surface area contributed by atoms with E-state index in [0.717, 1.165) is 5.69 Å². The molecular formula is C15H15FN2O3. The quantitative estimate of drug-likeness (QED) is 0.940. The summed E-state index contributed by atoms with van der Waals surface area (Å²) >= 11 is 0. The Morgan fingerprint density at radius 1 is 1.48 bits per heavy atom. The first-order valence-electron chi connectivity index (χ1n) is 6.56. The lowest BCUT2D eigenvalue weighted by Crippen LogP contribution is -2.26. The molecule has 0 bridgehead atoms. The smallest absolute Gasteiger partial charge is 0.255 e. The number of ether oxygens (including phenoxy) is 2. The Morgan fingerprint density at radius 3 is 3.10 bits per heavy atom. The summed E-state index contributed by atoms with van der Waals surface area (Å²) in [6, 6.07) is 6.31. The number of rotatable bonds is 3. The lowest BCUT2D eigenvalue weighted by atomic mass is 10.1. The van der Waals surface area contributed by atoms with E-state index in [2.05, 4.69) is 5.32 Å². The standard InChI is InChI=1S/C15H15FN2O3/c1-18-4-2-3-12(18)7-17-15(19)13-6-11(16)5-10-8-20-9-21-14(10)13/h2-6H,7-9H2,1H3,(H,17,19). The number of fused-ring (bicyclic) bond motifs is 1. The molecule has 0 aliphatic carbocycles. The monoisotopic (exact) mass is 290 g/mol. The van der Waals surface area contributed by atoms with Crippen molar-refractivity contribution in [3.05, 3.63) is 53.1 Å². The molecule has 0 radical (unpaired) electrons. The molecule has 0 saturated heterocycles. The van der Waals surface area contributed by atoms with Crippen molar-refractivity contribution in [3.63, 3.8) is 0 Å². The molecule has 21 heavy (non-hydrogen) atoms. The van der Waals surface area contributed by atoms with Crippen LogP contribution in [0, 0.1) is 5.82 Å². The van der Waals surface area contributed by atoms with Crippen LogP contribution in [0.5, 0.6) is 5.75 Å². The number of hydrogen-bond acceptors (Lipinski definition) is 3. The van der Waals surface area contributed by atoms with Crippen LogP contribution in [-0.4, -0.2) is 17.3 Å². The maximum atomic E-state index is 13.6. The Balaban J connectivity index is 1.81. The number of carbonyl (C=O) groups excluding carboxylic acids is 1. The predicted octanol–water partition coefficient (Wildman–Crippen LogP) is 1.96. The van der Waals surface area contributed by atoms with Gasteiger partial charge in [-0.15, -0.1) is 0 Å². The van der Waals surface area contributed by atoms with Crippen molar-refractivity contribution in [2.45, 2.75) is 13.2 Å². The second-order valence-electron chi connectivity index (χ2n) is 4.85. The maximum absolute atomic E-state index is 13.6. The van der Waals surface area contributed by atoms with Gasteiger partial charge in [-0.3, -0.25) is 4.79 Å². The molecule has 2 heterocycles. The van der Waals surface area contributed by atoms with Crippen LogP contribution in [0.1, 0.15) is 21.6 Å². The van der Waals surface area contributed by atoms with Gasteiger partial charge in [-0.2, -0.15) is 0 Å². The molecule has 0 spiro atoms. The number of carbonyl (C=O) groups is 1. The second-order valence-corrected chi connectivity index (χ2v) is 4.85. The molecule has 2 aromatic rings. The number of hydrogen-bond donors (Lipinski definition) is 1. The minimum Gasteiger partial charge on any atom is -0.466 e. The molecule has 0 saturated carbocycles. The lowest BCUT2D eigenvalue weighted by molar-refractivity contribution is -0.0170. The Labute approximate surface area is 121 Å². The minimum absolute atomic E-state index is 0.0662. The van der Waals surface area contributed by atoms with Gasteiger partial charge in [0.1, 0.15) is 11.6 Å². The van der Waals surface area contributed by atoms with E-state index < -0.39 is 5.82 Å². The molecule has 6 heteroatoms. The zero-order chi connectivity index (χ0) is 14.8. The van der Waals surface area contributed by atoms with E-state index in [4.69, 9.17) is 9.47 Å². The topological polar surface area (TPSA) is 52.5 Å². The molecule has 1 aliphatic heterocycles. The zero-order valence-corrected chi connectivity index (χ0v) is 11.6. The summed E-state index contributed by atoms with van der Waals surface area (Å²) in [5, 5.41) is 2.77. The summed E-state index contributed by atoms with van der Waals surface area (Å²) in [6.07, 6.45) is 1.89. The van der Waals surface area contributed by atoms with E-state index in [9.17, 15) is 9.18 Å². The van der Waals surface area contributed by atoms with Crippen molar-refractivity contribution >= 4 is 5.91 Å². The first kappa shape index (κ1) is 13.6. The van der Waals surface area contributed by atoms with E-state index in [1.54, 1.807) is 0 Å². The molecule has 5 nitrogen and oxygen atoms in total. The van der Waals surface area contributed by atoms with E-state index in [1.807, 2.05) is 29.9 Å². The van der Waals surface area contributed by atoms with Gasteiger partial charge in [0, 0.05) is 24.5 Å². The molecule has 1 aliphatic rings. The number of aromatic nitrogens is 1. The van der Waals surface area contributed by atoms with Crippen molar-refractivity contribution in [2.24, 2.45) is 7.05 Å². The molecule has 0 fully saturated rings. The second kappa shape index (κ2) is 5.57. The van der Waals surface area contributed by atoms with Gasteiger partial charge in [0.2, 0.25) is 0 Å². The van der Waals surface area contributed by atoms with Gasteiger partial charge in [0.05, 0.1) is 18.7 Å². The van der Waals surface area contributed by atoms with Gasteiger partial charge in [-0.25, -0.2) is 4.39 Å². The van der Waals surface area contributed by atoms with Crippen molar-refractivity contribution in [1.82, 2.24) is 9.88 Å². The van der Waals surface area contributed by atoms with E-state index in [0.29, 0.717) is 17.9 Å². The van der Waals surface area contributed by atoms with Crippen LogP contribution in [0.15, 0.2) is 30.5 Å². The van der Waals surface area contributed by atoms with Gasteiger partial charge in [-0.05, 0) is 24.3 Å². The molecule has 1 aromatic carbocycles. The number of halogens is 1. The van der Waals surface area contributed by atoms with Crippen LogP contribution in [0.2, 0.25) is 0 Å². The van der Waals surface area contributed by atoms with E-state index >= 15 is 0 Å². The van der Waals surface area contributed by atoms with Crippen LogP contribution >= 0.6 is 0 Å². The average Bonchev–Trinajstić information content (AvgIpc) is 2.89. The Morgan fingerprint density at radius 2 is 2.33 bits per heavy atom. The fourth-order valence-electron chi connectivity index (χ4n) is 2.29. The largest absolute Gasteiger partial charge is 0.466 e. The normalized spacial score (nSPS) is 13.4. The van der Waals surface area contributed by atoms with Gasteiger partial charge < -0.3 is 19.4 Å². The molecule has 0 atom stereocenters. The van der Waals surface area contributed by atoms with Gasteiger partial charge in [0.15, 0.2) is 6.79 Å². The zero-order valence-electron chi connectivity index (χ0n) is 11.6. The number of nitrogens with zero attached hydrogens (tertiary/aromatic N) is 1. The molecule has 1 amide bonds. The lowest BCUT2D eigenvalue weighted by Gasteiger charge is -2.20. The summed E-state index contributed by atoms with van der Waals surface area (Å²) in [5.74, 6) is -0.451. The van der Waals surface area contributed by atoms with E-state index in [-0.39, 0.29) is 24.9 Å². The molecule has 1 aromatic heterocycles. The first-order valence-corrected chi connectivity index (χ1v) is 6.56. The van der Waals surface area contributed by atoms with Gasteiger partial charge >= 0.3 is 0 Å². The predicted molar refractivity (Wildman–Crippen MR) is 73.3 cm³/mol. The Kier molecular flexibility index (Phi) is 3.62. The van der Waals surface area contributed by atoms with Crippen molar-refractivity contribution in [1.29, 1.82) is 0 Å². The van der Waals surface area contributed by atoms with Crippen molar-refractivity contribution in [2.75, 3.05) is 6.79 Å². The van der Waals surface area contributed by atoms with Crippen LogP contribution in [-0.2, 0) is 24.9 Å². The summed E-state index contributed by atoms with van der Waals surface area (Å²) in [6.45, 7) is 0.673. The highest BCUT2D eigenvalue weighted by molar-refractivity contribution is 5.97. The summed E-state index contributed by atoms with van der Waals surface area (Å²) < 4.78 is 25.9. The number of aryl methyl sites for hydroxylation is 1. The molecular weight excluding hydrogens is 275 g/mol. The fourth-order valence-corrected chi connectivity index (χ4v) is 2.29. The Bertz CT molecular complexity index is 682. The highest BCUT2D eigenvalue weighted by Crippen LogP contribution is 2.29. The third-order valence-corrected chi connectivity index (χ3v) is 3.40. The summed E-state index contributed by atoms with van der Waals surface area (Å²) in [4.78, 5) is 12.3. The Hall–Kier alpha value is -2.34. The molecule has 3 rings (SSSR count). The molecule has 110 valence electrons. The van der Waals surface area contributed by atoms with Crippen molar-refractivity contribution < 1.29 is 18.7 Å². The summed E-state index contributed by atoms with van der Waals surface area (Å²) in [5.41, 5.74) is 1.70. The van der Waals surface area contributed by atoms with Crippen LogP contribution < -0.4 is 10.1 Å². The third kappa shape index (κ3) is 2.75. The van der Waals surface area contributed by atoms with Crippen LogP contribution in [0.25, 0.3) is 0 Å². The molecule has 0 unspecified atom stereocenters. The average molecular weight is 290 g/mol. The number of benzene rings is 1. The maximum Gasteiger partial charge on any atom is 0.255 e. The highest BCUT2D eigenvalue weighted by atomic mass is 19.1. The number of nitrogens with one attached hydrogen (secondary N) is 1. The SMILES string of the molecule is Cn1cccc1CNC(=O)c1cc(F)cc2c1OCOC2. The fraction of sp³-hybridized carbons (Fsp3) is 0.267. The van der Waals surface area contributed by atoms with Crippen LogP contribution in [0.4, 0.5) is 4.39 Å². The molecule has 1 N–H and O–H groups in total. The van der Waals surface area contributed by atoms with Gasteiger partial charge in [0.25, 0.3) is 5.91 Å². The minimum atomic E-state index is -0.480.